The third-order valence-electron chi connectivity index (χ3n) is 4.73. The maximum atomic E-state index is 2.48. The van der Waals surface area contributed by atoms with Crippen molar-refractivity contribution in [3.63, 3.8) is 0 Å². The monoisotopic (exact) mass is 195 g/mol. The molecule has 14 heavy (non-hydrogen) atoms. The molecule has 2 bridgehead atoms. The summed E-state index contributed by atoms with van der Waals surface area (Å²) in [5, 5.41) is 0. The molecule has 2 aliphatic rings. The third-order valence-corrected chi connectivity index (χ3v) is 4.73. The van der Waals surface area contributed by atoms with Crippen molar-refractivity contribution in [2.24, 2.45) is 16.7 Å². The van der Waals surface area contributed by atoms with Crippen LogP contribution in [0.5, 0.6) is 0 Å². The SMILES string of the molecule is CN(C)CCC12CCC(C1)C(C)(C)C2. The fourth-order valence-electron chi connectivity index (χ4n) is 3.92. The van der Waals surface area contributed by atoms with Crippen LogP contribution >= 0.6 is 0 Å². The lowest BCUT2D eigenvalue weighted by Gasteiger charge is -2.35. The number of rotatable bonds is 3. The molecule has 2 atom stereocenters. The summed E-state index contributed by atoms with van der Waals surface area (Å²) in [5.74, 6) is 1.03. The second-order valence-corrected chi connectivity index (χ2v) is 6.66. The molecule has 1 heteroatoms. The van der Waals surface area contributed by atoms with E-state index in [1.165, 1.54) is 38.6 Å². The van der Waals surface area contributed by atoms with Gasteiger partial charge in [0.15, 0.2) is 0 Å². The molecule has 0 aromatic carbocycles. The number of hydrogen-bond acceptors (Lipinski definition) is 1. The summed E-state index contributed by atoms with van der Waals surface area (Å²) in [7, 11) is 4.40. The quantitative estimate of drug-likeness (QED) is 0.668. The topological polar surface area (TPSA) is 3.24 Å². The van der Waals surface area contributed by atoms with E-state index in [4.69, 9.17) is 0 Å². The van der Waals surface area contributed by atoms with Crippen LogP contribution in [0.3, 0.4) is 0 Å². The van der Waals surface area contributed by atoms with Crippen molar-refractivity contribution >= 4 is 0 Å². The highest BCUT2D eigenvalue weighted by Crippen LogP contribution is 2.63. The van der Waals surface area contributed by atoms with Gasteiger partial charge in [-0.2, -0.15) is 0 Å². The van der Waals surface area contributed by atoms with E-state index >= 15 is 0 Å². The fourth-order valence-corrected chi connectivity index (χ4v) is 3.92. The molecule has 0 radical (unpaired) electrons. The molecule has 0 aromatic heterocycles. The first-order valence-electron chi connectivity index (χ1n) is 6.08. The molecule has 0 amide bonds. The first-order valence-corrected chi connectivity index (χ1v) is 6.08. The summed E-state index contributed by atoms with van der Waals surface area (Å²) in [6.45, 7) is 6.24. The molecule has 2 unspecified atom stereocenters. The number of hydrogen-bond donors (Lipinski definition) is 0. The van der Waals surface area contributed by atoms with E-state index in [9.17, 15) is 0 Å². The van der Waals surface area contributed by atoms with Gasteiger partial charge in [-0.3, -0.25) is 0 Å². The Morgan fingerprint density at radius 3 is 2.43 bits per heavy atom. The normalized spacial score (nSPS) is 39.6. The minimum atomic E-state index is 0.643. The third kappa shape index (κ3) is 1.71. The van der Waals surface area contributed by atoms with Gasteiger partial charge in [-0.1, -0.05) is 13.8 Å². The van der Waals surface area contributed by atoms with Crippen molar-refractivity contribution in [2.45, 2.75) is 46.0 Å². The van der Waals surface area contributed by atoms with Gasteiger partial charge in [-0.05, 0) is 69.5 Å². The van der Waals surface area contributed by atoms with E-state index < -0.39 is 0 Å². The summed E-state index contributed by atoms with van der Waals surface area (Å²) in [5.41, 5.74) is 1.38. The second kappa shape index (κ2) is 3.23. The predicted octanol–water partition coefficient (Wildman–Crippen LogP) is 3.15. The van der Waals surface area contributed by atoms with Crippen molar-refractivity contribution in [2.75, 3.05) is 20.6 Å². The maximum Gasteiger partial charge on any atom is -0.00195 e. The average Bonchev–Trinajstić information content (AvgIpc) is 2.55. The van der Waals surface area contributed by atoms with Crippen LogP contribution in [-0.2, 0) is 0 Å². The molecular formula is C13H25N. The Morgan fingerprint density at radius 2 is 2.00 bits per heavy atom. The molecule has 2 saturated carbocycles. The van der Waals surface area contributed by atoms with Crippen molar-refractivity contribution in [1.29, 1.82) is 0 Å². The number of fused-ring (bicyclic) bond motifs is 2. The average molecular weight is 195 g/mol. The fraction of sp³-hybridized carbons (Fsp3) is 1.00. The molecule has 2 rings (SSSR count). The highest BCUT2D eigenvalue weighted by atomic mass is 15.0. The maximum absolute atomic E-state index is 2.48. The van der Waals surface area contributed by atoms with Gasteiger partial charge in [0.1, 0.15) is 0 Å². The zero-order chi connectivity index (χ0) is 10.4. The van der Waals surface area contributed by atoms with Gasteiger partial charge in [-0.25, -0.2) is 0 Å². The largest absolute Gasteiger partial charge is 0.309 e. The Bertz CT molecular complexity index is 219. The lowest BCUT2D eigenvalue weighted by molar-refractivity contribution is 0.153. The lowest BCUT2D eigenvalue weighted by atomic mass is 9.71. The Labute approximate surface area is 88.9 Å². The first kappa shape index (κ1) is 10.5. The van der Waals surface area contributed by atoms with Crippen LogP contribution in [0.1, 0.15) is 46.0 Å². The van der Waals surface area contributed by atoms with Crippen molar-refractivity contribution in [3.05, 3.63) is 0 Å². The van der Waals surface area contributed by atoms with Crippen LogP contribution in [0.4, 0.5) is 0 Å². The van der Waals surface area contributed by atoms with E-state index in [2.05, 4.69) is 32.8 Å². The van der Waals surface area contributed by atoms with Crippen LogP contribution in [-0.4, -0.2) is 25.5 Å². The van der Waals surface area contributed by atoms with Crippen LogP contribution in [0, 0.1) is 16.7 Å². The minimum Gasteiger partial charge on any atom is -0.309 e. The molecule has 0 N–H and O–H groups in total. The zero-order valence-corrected chi connectivity index (χ0v) is 10.3. The van der Waals surface area contributed by atoms with Crippen molar-refractivity contribution < 1.29 is 0 Å². The summed E-state index contributed by atoms with van der Waals surface area (Å²) < 4.78 is 0. The first-order chi connectivity index (χ1) is 6.44. The van der Waals surface area contributed by atoms with Crippen LogP contribution in [0.25, 0.3) is 0 Å². The highest BCUT2D eigenvalue weighted by molar-refractivity contribution is 5.04. The van der Waals surface area contributed by atoms with E-state index in [0.29, 0.717) is 5.41 Å². The predicted molar refractivity (Wildman–Crippen MR) is 61.3 cm³/mol. The molecule has 1 nitrogen and oxygen atoms in total. The van der Waals surface area contributed by atoms with Crippen LogP contribution in [0.2, 0.25) is 0 Å². The van der Waals surface area contributed by atoms with E-state index in [1.54, 1.807) is 0 Å². The summed E-state index contributed by atoms with van der Waals surface area (Å²) in [4.78, 5) is 2.34. The summed E-state index contributed by atoms with van der Waals surface area (Å²) in [6, 6.07) is 0. The number of nitrogens with zero attached hydrogens (tertiary/aromatic N) is 1. The van der Waals surface area contributed by atoms with Gasteiger partial charge in [0.05, 0.1) is 0 Å². The van der Waals surface area contributed by atoms with Gasteiger partial charge in [0.25, 0.3) is 0 Å². The molecule has 0 aliphatic heterocycles. The van der Waals surface area contributed by atoms with Crippen molar-refractivity contribution in [1.82, 2.24) is 4.90 Å². The molecule has 0 saturated heterocycles. The Kier molecular flexibility index (Phi) is 2.42. The Morgan fingerprint density at radius 1 is 1.29 bits per heavy atom. The van der Waals surface area contributed by atoms with Gasteiger partial charge >= 0.3 is 0 Å². The van der Waals surface area contributed by atoms with Gasteiger partial charge in [0.2, 0.25) is 0 Å². The second-order valence-electron chi connectivity index (χ2n) is 6.66. The zero-order valence-electron chi connectivity index (χ0n) is 10.3. The highest BCUT2D eigenvalue weighted by Gasteiger charge is 2.53. The van der Waals surface area contributed by atoms with E-state index in [1.807, 2.05) is 0 Å². The van der Waals surface area contributed by atoms with E-state index in [-0.39, 0.29) is 0 Å². The molecule has 2 aliphatic carbocycles. The molecule has 0 spiro atoms. The molecule has 2 fully saturated rings. The Hall–Kier alpha value is -0.0400. The summed E-state index contributed by atoms with van der Waals surface area (Å²) in [6.07, 6.45) is 7.45. The molecule has 0 aromatic rings. The summed E-state index contributed by atoms with van der Waals surface area (Å²) >= 11 is 0. The van der Waals surface area contributed by atoms with E-state index in [0.717, 1.165) is 11.3 Å². The molecule has 0 heterocycles. The van der Waals surface area contributed by atoms with Gasteiger partial charge < -0.3 is 4.90 Å². The van der Waals surface area contributed by atoms with Crippen LogP contribution in [0.15, 0.2) is 0 Å². The Balaban J connectivity index is 1.98. The van der Waals surface area contributed by atoms with Gasteiger partial charge in [-0.15, -0.1) is 0 Å². The smallest absolute Gasteiger partial charge is 0.00195 e. The van der Waals surface area contributed by atoms with Gasteiger partial charge in [0, 0.05) is 0 Å². The van der Waals surface area contributed by atoms with Crippen LogP contribution < -0.4 is 0 Å². The minimum absolute atomic E-state index is 0.643. The molecular weight excluding hydrogens is 170 g/mol. The standard InChI is InChI=1S/C13H25N/c1-12(2)10-13(7-8-14(3)4)6-5-11(12)9-13/h11H,5-10H2,1-4H3. The lowest BCUT2D eigenvalue weighted by Crippen LogP contribution is -2.27. The van der Waals surface area contributed by atoms with Crippen molar-refractivity contribution in [3.8, 4) is 0 Å². The molecule has 82 valence electrons.